The molecule has 4 rings (SSSR count). The van der Waals surface area contributed by atoms with E-state index in [-0.39, 0.29) is 11.5 Å². The highest BCUT2D eigenvalue weighted by molar-refractivity contribution is 5.85. The first kappa shape index (κ1) is 24.5. The summed E-state index contributed by atoms with van der Waals surface area (Å²) < 4.78 is 10.6. The monoisotopic (exact) mass is 480 g/mol. The molecular formula is C30H28N2O4. The van der Waals surface area contributed by atoms with E-state index in [4.69, 9.17) is 19.5 Å². The van der Waals surface area contributed by atoms with Gasteiger partial charge in [0.1, 0.15) is 35.1 Å². The zero-order valence-corrected chi connectivity index (χ0v) is 20.2. The second-order valence-corrected chi connectivity index (χ2v) is 8.12. The summed E-state index contributed by atoms with van der Waals surface area (Å²) in [5.74, 6) is 1.45. The Hall–Kier alpha value is -4.58. The van der Waals surface area contributed by atoms with Gasteiger partial charge in [0.2, 0.25) is 0 Å². The van der Waals surface area contributed by atoms with Gasteiger partial charge in [-0.15, -0.1) is 0 Å². The molecule has 0 aliphatic heterocycles. The molecule has 182 valence electrons. The lowest BCUT2D eigenvalue weighted by Gasteiger charge is -2.22. The zero-order valence-electron chi connectivity index (χ0n) is 20.2. The Labute approximate surface area is 210 Å². The average Bonchev–Trinajstić information content (AvgIpc) is 2.93. The summed E-state index contributed by atoms with van der Waals surface area (Å²) in [5.41, 5.74) is 2.99. The van der Waals surface area contributed by atoms with Crippen LogP contribution in [0.4, 0.5) is 0 Å². The maximum absolute atomic E-state index is 10.4. The largest absolute Gasteiger partial charge is 0.507 e. The first-order chi connectivity index (χ1) is 17.6. The van der Waals surface area contributed by atoms with Crippen molar-refractivity contribution in [3.05, 3.63) is 119 Å². The van der Waals surface area contributed by atoms with Gasteiger partial charge in [0.05, 0.1) is 14.2 Å². The highest BCUT2D eigenvalue weighted by Gasteiger charge is 2.23. The van der Waals surface area contributed by atoms with Gasteiger partial charge in [0.15, 0.2) is 0 Å². The summed E-state index contributed by atoms with van der Waals surface area (Å²) in [6.07, 6.45) is 3.29. The van der Waals surface area contributed by atoms with Crippen LogP contribution in [0.1, 0.15) is 34.3 Å². The van der Waals surface area contributed by atoms with E-state index in [1.807, 2.05) is 60.7 Å². The van der Waals surface area contributed by atoms with Crippen LogP contribution in [0.5, 0.6) is 23.0 Å². The van der Waals surface area contributed by atoms with Gasteiger partial charge in [-0.05, 0) is 47.5 Å². The van der Waals surface area contributed by atoms with Crippen molar-refractivity contribution in [1.29, 1.82) is 0 Å². The number of rotatable bonds is 9. The fourth-order valence-corrected chi connectivity index (χ4v) is 3.85. The number of hydrogen-bond donors (Lipinski definition) is 2. The van der Waals surface area contributed by atoms with Crippen LogP contribution in [0.25, 0.3) is 0 Å². The molecule has 36 heavy (non-hydrogen) atoms. The molecule has 4 aromatic carbocycles. The summed E-state index contributed by atoms with van der Waals surface area (Å²) in [6, 6.07) is 28.9. The number of ether oxygens (including phenoxy) is 2. The van der Waals surface area contributed by atoms with Gasteiger partial charge < -0.3 is 19.7 Å². The minimum absolute atomic E-state index is 0.104. The van der Waals surface area contributed by atoms with Crippen LogP contribution in [0, 0.1) is 0 Å². The van der Waals surface area contributed by atoms with Gasteiger partial charge in [-0.2, -0.15) is 0 Å². The predicted molar refractivity (Wildman–Crippen MR) is 143 cm³/mol. The summed E-state index contributed by atoms with van der Waals surface area (Å²) in [6.45, 7) is 0. The van der Waals surface area contributed by atoms with E-state index < -0.39 is 12.1 Å². The normalized spacial score (nSPS) is 13.1. The Morgan fingerprint density at radius 2 is 0.972 bits per heavy atom. The standard InChI is InChI=1S/C30H28N2O4/c1-35-25-13-15-27(33)23(17-25)19-31-29(21-9-5-3-6-10-21)30(22-11-7-4-8-12-22)32-20-24-18-26(36-2)14-16-28(24)34/h3-20,29-30,33-34H,1-2H3/t29-,30-/m0/s1. The molecular weight excluding hydrogens is 452 g/mol. The van der Waals surface area contributed by atoms with Gasteiger partial charge in [-0.25, -0.2) is 0 Å². The van der Waals surface area contributed by atoms with Crippen molar-refractivity contribution in [3.8, 4) is 23.0 Å². The summed E-state index contributed by atoms with van der Waals surface area (Å²) >= 11 is 0. The van der Waals surface area contributed by atoms with Crippen LogP contribution in [-0.2, 0) is 0 Å². The van der Waals surface area contributed by atoms with Crippen LogP contribution in [0.2, 0.25) is 0 Å². The molecule has 0 saturated carbocycles. The smallest absolute Gasteiger partial charge is 0.124 e. The second kappa shape index (κ2) is 11.7. The molecule has 0 aliphatic rings. The first-order valence-electron chi connectivity index (χ1n) is 11.5. The van der Waals surface area contributed by atoms with E-state index in [1.165, 1.54) is 0 Å². The Balaban J connectivity index is 1.81. The van der Waals surface area contributed by atoms with E-state index in [0.29, 0.717) is 22.6 Å². The zero-order chi connectivity index (χ0) is 25.3. The molecule has 0 heterocycles. The fraction of sp³-hybridized carbons (Fsp3) is 0.133. The van der Waals surface area contributed by atoms with Gasteiger partial charge in [-0.3, -0.25) is 9.98 Å². The molecule has 0 bridgehead atoms. The second-order valence-electron chi connectivity index (χ2n) is 8.12. The van der Waals surface area contributed by atoms with Crippen molar-refractivity contribution in [3.63, 3.8) is 0 Å². The van der Waals surface area contributed by atoms with Gasteiger partial charge >= 0.3 is 0 Å². The van der Waals surface area contributed by atoms with Crippen LogP contribution >= 0.6 is 0 Å². The van der Waals surface area contributed by atoms with E-state index in [2.05, 4.69) is 0 Å². The van der Waals surface area contributed by atoms with Gasteiger partial charge in [-0.1, -0.05) is 60.7 Å². The number of methoxy groups -OCH3 is 2. The van der Waals surface area contributed by atoms with Crippen LogP contribution in [0.15, 0.2) is 107 Å². The van der Waals surface area contributed by atoms with Crippen LogP contribution in [0.3, 0.4) is 0 Å². The van der Waals surface area contributed by atoms with Crippen molar-refractivity contribution in [2.24, 2.45) is 9.98 Å². The number of nitrogens with zero attached hydrogens (tertiary/aromatic N) is 2. The minimum atomic E-state index is -0.414. The predicted octanol–water partition coefficient (Wildman–Crippen LogP) is 6.14. The van der Waals surface area contributed by atoms with Gasteiger partial charge in [0, 0.05) is 23.6 Å². The highest BCUT2D eigenvalue weighted by atomic mass is 16.5. The van der Waals surface area contributed by atoms with Crippen molar-refractivity contribution >= 4 is 12.4 Å². The first-order valence-corrected chi connectivity index (χ1v) is 11.5. The molecule has 0 aliphatic carbocycles. The van der Waals surface area contributed by atoms with E-state index in [9.17, 15) is 10.2 Å². The number of aliphatic imine (C=N–C) groups is 2. The quantitative estimate of drug-likeness (QED) is 0.282. The molecule has 6 nitrogen and oxygen atoms in total. The van der Waals surface area contributed by atoms with E-state index >= 15 is 0 Å². The lowest BCUT2D eigenvalue weighted by Crippen LogP contribution is -2.09. The summed E-state index contributed by atoms with van der Waals surface area (Å²) in [7, 11) is 3.16. The van der Waals surface area contributed by atoms with Crippen molar-refractivity contribution in [2.45, 2.75) is 12.1 Å². The Morgan fingerprint density at radius 3 is 1.33 bits per heavy atom. The minimum Gasteiger partial charge on any atom is -0.507 e. The fourth-order valence-electron chi connectivity index (χ4n) is 3.85. The SMILES string of the molecule is COc1ccc(O)c(C=N[C@@H](c2ccccc2)[C@@H](N=Cc2cc(OC)ccc2O)c2ccccc2)c1. The lowest BCUT2D eigenvalue weighted by molar-refractivity contribution is 0.412. The number of hydrogen-bond acceptors (Lipinski definition) is 6. The lowest BCUT2D eigenvalue weighted by atomic mass is 9.94. The molecule has 6 heteroatoms. The Bertz CT molecular complexity index is 1230. The Kier molecular flexibility index (Phi) is 7.98. The molecule has 0 radical (unpaired) electrons. The van der Waals surface area contributed by atoms with E-state index in [1.54, 1.807) is 63.0 Å². The maximum Gasteiger partial charge on any atom is 0.124 e. The molecule has 0 unspecified atom stereocenters. The third kappa shape index (κ3) is 5.91. The van der Waals surface area contributed by atoms with Crippen LogP contribution < -0.4 is 9.47 Å². The van der Waals surface area contributed by atoms with Crippen molar-refractivity contribution in [1.82, 2.24) is 0 Å². The maximum atomic E-state index is 10.4. The van der Waals surface area contributed by atoms with Crippen molar-refractivity contribution in [2.75, 3.05) is 14.2 Å². The molecule has 4 aromatic rings. The molecule has 0 fully saturated rings. The molecule has 0 amide bonds. The van der Waals surface area contributed by atoms with Gasteiger partial charge in [0.25, 0.3) is 0 Å². The molecule has 2 atom stereocenters. The summed E-state index contributed by atoms with van der Waals surface area (Å²) in [4.78, 5) is 9.81. The molecule has 2 N–H and O–H groups in total. The average molecular weight is 481 g/mol. The summed E-state index contributed by atoms with van der Waals surface area (Å²) in [5, 5.41) is 20.8. The number of phenols is 2. The van der Waals surface area contributed by atoms with E-state index in [0.717, 1.165) is 11.1 Å². The topological polar surface area (TPSA) is 83.6 Å². The van der Waals surface area contributed by atoms with Crippen molar-refractivity contribution < 1.29 is 19.7 Å². The third-order valence-corrected chi connectivity index (χ3v) is 5.80. The molecule has 0 spiro atoms. The molecule has 0 saturated heterocycles. The number of aromatic hydroxyl groups is 2. The van der Waals surface area contributed by atoms with Crippen LogP contribution in [-0.4, -0.2) is 36.9 Å². The number of benzene rings is 4. The Morgan fingerprint density at radius 1 is 0.583 bits per heavy atom. The highest BCUT2D eigenvalue weighted by Crippen LogP contribution is 2.36. The number of phenolic OH excluding ortho intramolecular Hbond substituents is 2. The third-order valence-electron chi connectivity index (χ3n) is 5.80. The molecule has 0 aromatic heterocycles.